The summed E-state index contributed by atoms with van der Waals surface area (Å²) in [6.45, 7) is 16.7. The number of likely N-dealkylation sites (N-methyl/N-ethyl adjacent to an activating group) is 1. The summed E-state index contributed by atoms with van der Waals surface area (Å²) in [6, 6.07) is 8.54. The van der Waals surface area contributed by atoms with Crippen LogP contribution in [0.4, 0.5) is 0 Å². The number of aryl methyl sites for hydroxylation is 1. The molecule has 3 rings (SSSR count). The zero-order chi connectivity index (χ0) is 20.6. The maximum Gasteiger partial charge on any atom is 0.194 e. The molecule has 2 fully saturated rings. The number of guanidine groups is 1. The van der Waals surface area contributed by atoms with E-state index >= 15 is 0 Å². The number of rotatable bonds is 6. The van der Waals surface area contributed by atoms with Gasteiger partial charge in [-0.25, -0.2) is 0 Å². The van der Waals surface area contributed by atoms with Gasteiger partial charge in [-0.1, -0.05) is 31.2 Å². The van der Waals surface area contributed by atoms with Gasteiger partial charge in [-0.15, -0.1) is 0 Å². The van der Waals surface area contributed by atoms with Crippen molar-refractivity contribution in [1.29, 1.82) is 0 Å². The van der Waals surface area contributed by atoms with E-state index in [-0.39, 0.29) is 6.10 Å². The number of hydrogen-bond acceptors (Lipinski definition) is 4. The lowest BCUT2D eigenvalue weighted by Crippen LogP contribution is -2.48. The Bertz CT molecular complexity index is 656. The molecule has 0 saturated carbocycles. The highest BCUT2D eigenvalue weighted by atomic mass is 16.5. The smallest absolute Gasteiger partial charge is 0.194 e. The third-order valence-corrected chi connectivity index (χ3v) is 5.95. The summed E-state index contributed by atoms with van der Waals surface area (Å²) in [5.74, 6) is 1.58. The van der Waals surface area contributed by atoms with Crippen molar-refractivity contribution in [2.75, 3.05) is 72.6 Å². The first-order valence-electron chi connectivity index (χ1n) is 11.2. The maximum atomic E-state index is 6.10. The number of hydrogen-bond donors (Lipinski definition) is 1. The molecule has 2 aliphatic heterocycles. The van der Waals surface area contributed by atoms with Crippen molar-refractivity contribution in [2.24, 2.45) is 10.9 Å². The van der Waals surface area contributed by atoms with Crippen LogP contribution in [0.5, 0.6) is 0 Å². The molecule has 2 atom stereocenters. The number of ether oxygens (including phenoxy) is 1. The van der Waals surface area contributed by atoms with Crippen molar-refractivity contribution in [1.82, 2.24) is 20.0 Å². The van der Waals surface area contributed by atoms with Crippen molar-refractivity contribution in [3.05, 3.63) is 35.4 Å². The van der Waals surface area contributed by atoms with Crippen molar-refractivity contribution >= 4 is 5.96 Å². The molecule has 0 bridgehead atoms. The van der Waals surface area contributed by atoms with Crippen LogP contribution >= 0.6 is 0 Å². The molecule has 0 amide bonds. The Balaban J connectivity index is 1.58. The molecule has 1 N–H and O–H groups in total. The van der Waals surface area contributed by atoms with Gasteiger partial charge < -0.3 is 24.8 Å². The molecule has 162 valence electrons. The first-order valence-corrected chi connectivity index (χ1v) is 11.2. The highest BCUT2D eigenvalue weighted by molar-refractivity contribution is 5.80. The lowest BCUT2D eigenvalue weighted by Gasteiger charge is -2.36. The third kappa shape index (κ3) is 6.43. The van der Waals surface area contributed by atoms with E-state index in [9.17, 15) is 0 Å². The highest BCUT2D eigenvalue weighted by Crippen LogP contribution is 2.25. The van der Waals surface area contributed by atoms with Crippen molar-refractivity contribution in [3.8, 4) is 0 Å². The van der Waals surface area contributed by atoms with E-state index in [1.54, 1.807) is 0 Å². The molecule has 0 aliphatic carbocycles. The third-order valence-electron chi connectivity index (χ3n) is 5.95. The van der Waals surface area contributed by atoms with Crippen molar-refractivity contribution in [3.63, 3.8) is 0 Å². The molecule has 0 aromatic heterocycles. The van der Waals surface area contributed by atoms with E-state index in [1.165, 1.54) is 37.3 Å². The van der Waals surface area contributed by atoms with E-state index in [1.807, 2.05) is 0 Å². The SMILES string of the molecule is CCNC(=NCC(C)CN1CCN(C)CC1)N1CCOC(c2ccccc2C)C1. The number of aliphatic imine (C=N–C) groups is 1. The fraction of sp³-hybridized carbons (Fsp3) is 0.696. The summed E-state index contributed by atoms with van der Waals surface area (Å²) < 4.78 is 6.10. The number of morpholine rings is 1. The summed E-state index contributed by atoms with van der Waals surface area (Å²) in [7, 11) is 2.21. The summed E-state index contributed by atoms with van der Waals surface area (Å²) in [5.41, 5.74) is 2.58. The quantitative estimate of drug-likeness (QED) is 0.585. The summed E-state index contributed by atoms with van der Waals surface area (Å²) in [5, 5.41) is 3.50. The van der Waals surface area contributed by atoms with Gasteiger partial charge in [0.1, 0.15) is 6.10 Å². The van der Waals surface area contributed by atoms with E-state index in [0.717, 1.165) is 45.3 Å². The minimum atomic E-state index is 0.108. The average molecular weight is 402 g/mol. The zero-order valence-corrected chi connectivity index (χ0v) is 18.7. The second kappa shape index (κ2) is 11.0. The van der Waals surface area contributed by atoms with E-state index < -0.39 is 0 Å². The van der Waals surface area contributed by atoms with Gasteiger partial charge in [0.05, 0.1) is 13.2 Å². The van der Waals surface area contributed by atoms with Crippen LogP contribution in [0.25, 0.3) is 0 Å². The van der Waals surface area contributed by atoms with Crippen LogP contribution in [0.1, 0.15) is 31.1 Å². The first kappa shape index (κ1) is 22.1. The fourth-order valence-corrected chi connectivity index (χ4v) is 4.17. The van der Waals surface area contributed by atoms with Gasteiger partial charge in [0, 0.05) is 52.4 Å². The normalized spacial score (nSPS) is 23.2. The average Bonchev–Trinajstić information content (AvgIpc) is 2.73. The van der Waals surface area contributed by atoms with E-state index in [0.29, 0.717) is 5.92 Å². The molecule has 0 radical (unpaired) electrons. The molecule has 2 aliphatic rings. The molecular weight excluding hydrogens is 362 g/mol. The Morgan fingerprint density at radius 1 is 1.21 bits per heavy atom. The molecule has 29 heavy (non-hydrogen) atoms. The van der Waals surface area contributed by atoms with Crippen LogP contribution in [-0.2, 0) is 4.74 Å². The van der Waals surface area contributed by atoms with Gasteiger partial charge in [0.2, 0.25) is 0 Å². The summed E-state index contributed by atoms with van der Waals surface area (Å²) in [4.78, 5) is 12.4. The van der Waals surface area contributed by atoms with Gasteiger partial charge in [0.15, 0.2) is 5.96 Å². The predicted molar refractivity (Wildman–Crippen MR) is 121 cm³/mol. The van der Waals surface area contributed by atoms with Gasteiger partial charge >= 0.3 is 0 Å². The largest absolute Gasteiger partial charge is 0.370 e. The Kier molecular flexibility index (Phi) is 8.33. The summed E-state index contributed by atoms with van der Waals surface area (Å²) >= 11 is 0. The van der Waals surface area contributed by atoms with Crippen LogP contribution in [0.15, 0.2) is 29.3 Å². The topological polar surface area (TPSA) is 43.3 Å². The monoisotopic (exact) mass is 401 g/mol. The van der Waals surface area contributed by atoms with E-state index in [4.69, 9.17) is 9.73 Å². The minimum Gasteiger partial charge on any atom is -0.370 e. The number of nitrogens with zero attached hydrogens (tertiary/aromatic N) is 4. The van der Waals surface area contributed by atoms with E-state index in [2.05, 4.69) is 72.1 Å². The molecule has 0 spiro atoms. The minimum absolute atomic E-state index is 0.108. The number of benzene rings is 1. The predicted octanol–water partition coefficient (Wildman–Crippen LogP) is 2.22. The lowest BCUT2D eigenvalue weighted by molar-refractivity contribution is -0.00835. The van der Waals surface area contributed by atoms with Crippen LogP contribution < -0.4 is 5.32 Å². The summed E-state index contributed by atoms with van der Waals surface area (Å²) in [6.07, 6.45) is 0.108. The van der Waals surface area contributed by atoms with Gasteiger partial charge in [-0.05, 0) is 37.9 Å². The maximum absolute atomic E-state index is 6.10. The Morgan fingerprint density at radius 3 is 2.69 bits per heavy atom. The molecule has 6 nitrogen and oxygen atoms in total. The zero-order valence-electron chi connectivity index (χ0n) is 18.7. The second-order valence-electron chi connectivity index (χ2n) is 8.57. The van der Waals surface area contributed by atoms with Crippen LogP contribution in [-0.4, -0.2) is 93.2 Å². The number of nitrogens with one attached hydrogen (secondary N) is 1. The van der Waals surface area contributed by atoms with Crippen LogP contribution in [0, 0.1) is 12.8 Å². The van der Waals surface area contributed by atoms with Crippen LogP contribution in [0.3, 0.4) is 0 Å². The van der Waals surface area contributed by atoms with Crippen molar-refractivity contribution in [2.45, 2.75) is 26.9 Å². The fourth-order valence-electron chi connectivity index (χ4n) is 4.17. The van der Waals surface area contributed by atoms with Crippen LogP contribution in [0.2, 0.25) is 0 Å². The highest BCUT2D eigenvalue weighted by Gasteiger charge is 2.25. The van der Waals surface area contributed by atoms with Gasteiger partial charge in [-0.3, -0.25) is 4.99 Å². The van der Waals surface area contributed by atoms with Gasteiger partial charge in [-0.2, -0.15) is 0 Å². The van der Waals surface area contributed by atoms with Gasteiger partial charge in [0.25, 0.3) is 0 Å². The molecule has 1 aromatic carbocycles. The number of piperazine rings is 1. The molecule has 6 heteroatoms. The second-order valence-corrected chi connectivity index (χ2v) is 8.57. The molecule has 2 saturated heterocycles. The first-order chi connectivity index (χ1) is 14.1. The molecule has 1 aromatic rings. The van der Waals surface area contributed by atoms with Crippen molar-refractivity contribution < 1.29 is 4.74 Å². The Morgan fingerprint density at radius 2 is 1.97 bits per heavy atom. The molecule has 2 heterocycles. The Hall–Kier alpha value is -1.63. The standard InChI is InChI=1S/C23H39N5O/c1-5-24-23(25-16-19(2)17-27-12-10-26(4)11-13-27)28-14-15-29-22(18-28)21-9-7-6-8-20(21)3/h6-9,19,22H,5,10-18H2,1-4H3,(H,24,25). The molecule has 2 unspecified atom stereocenters. The molecular formula is C23H39N5O. The Labute approximate surface area is 176 Å². The lowest BCUT2D eigenvalue weighted by atomic mass is 10.0.